The minimum atomic E-state index is -3.82. The fourth-order valence-electron chi connectivity index (χ4n) is 3.40. The average molecular weight is 479 g/mol. The Balaban J connectivity index is 2.39. The summed E-state index contributed by atoms with van der Waals surface area (Å²) in [5.74, 6) is 0.663. The summed E-state index contributed by atoms with van der Waals surface area (Å²) in [5, 5.41) is 2.83. The number of amides is 1. The molecule has 32 heavy (non-hydrogen) atoms. The van der Waals surface area contributed by atoms with Gasteiger partial charge in [-0.05, 0) is 73.0 Å². The van der Waals surface area contributed by atoms with Gasteiger partial charge in [-0.15, -0.1) is 11.8 Å². The predicted molar refractivity (Wildman–Crippen MR) is 132 cm³/mol. The molecule has 0 heterocycles. The Morgan fingerprint density at radius 1 is 1.03 bits per heavy atom. The van der Waals surface area contributed by atoms with Crippen LogP contribution in [0.4, 0.5) is 5.69 Å². The number of aryl methyl sites for hydroxylation is 1. The third-order valence-corrected chi connectivity index (χ3v) is 7.64. The van der Waals surface area contributed by atoms with Crippen molar-refractivity contribution in [2.75, 3.05) is 18.7 Å². The first-order chi connectivity index (χ1) is 14.9. The maximum absolute atomic E-state index is 13.2. The standard InChI is InChI=1S/C24H34N2O4S2/c1-14(2)19-13-20(16(5)11-22(19)30-7)17(6)26-32(28,29)18-9-10-23(31-8)21(12-18)25-24(27)15(3)4/h9-15,17,26H,1-8H3,(H,25,27). The van der Waals surface area contributed by atoms with Gasteiger partial charge in [0.05, 0.1) is 17.7 Å². The van der Waals surface area contributed by atoms with Crippen molar-refractivity contribution < 1.29 is 17.9 Å². The molecule has 0 aliphatic carbocycles. The van der Waals surface area contributed by atoms with Gasteiger partial charge in [-0.2, -0.15) is 0 Å². The van der Waals surface area contributed by atoms with Crippen molar-refractivity contribution in [3.05, 3.63) is 47.0 Å². The molecule has 2 rings (SSSR count). The van der Waals surface area contributed by atoms with Gasteiger partial charge in [0.2, 0.25) is 15.9 Å². The molecule has 2 aromatic rings. The van der Waals surface area contributed by atoms with E-state index in [9.17, 15) is 13.2 Å². The van der Waals surface area contributed by atoms with Crippen LogP contribution < -0.4 is 14.8 Å². The van der Waals surface area contributed by atoms with Crippen LogP contribution in [0.15, 0.2) is 40.1 Å². The van der Waals surface area contributed by atoms with E-state index in [0.29, 0.717) is 5.69 Å². The highest BCUT2D eigenvalue weighted by Crippen LogP contribution is 2.33. The number of anilines is 1. The van der Waals surface area contributed by atoms with Gasteiger partial charge in [-0.3, -0.25) is 4.79 Å². The SMILES string of the molecule is COc1cc(C)c(C(C)NS(=O)(=O)c2ccc(SC)c(NC(=O)C(C)C)c2)cc1C(C)C. The molecule has 0 aliphatic heterocycles. The van der Waals surface area contributed by atoms with Gasteiger partial charge in [0.25, 0.3) is 0 Å². The quantitative estimate of drug-likeness (QED) is 0.466. The molecule has 0 saturated carbocycles. The lowest BCUT2D eigenvalue weighted by Gasteiger charge is -2.21. The molecule has 1 amide bonds. The minimum Gasteiger partial charge on any atom is -0.496 e. The van der Waals surface area contributed by atoms with E-state index in [-0.39, 0.29) is 22.6 Å². The van der Waals surface area contributed by atoms with E-state index in [2.05, 4.69) is 23.9 Å². The number of nitrogens with one attached hydrogen (secondary N) is 2. The summed E-state index contributed by atoms with van der Waals surface area (Å²) in [4.78, 5) is 13.1. The fraction of sp³-hybridized carbons (Fsp3) is 0.458. The van der Waals surface area contributed by atoms with Gasteiger partial charge in [0.15, 0.2) is 0 Å². The highest BCUT2D eigenvalue weighted by atomic mass is 32.2. The molecule has 0 bridgehead atoms. The van der Waals surface area contributed by atoms with E-state index in [0.717, 1.165) is 27.3 Å². The molecule has 1 unspecified atom stereocenters. The highest BCUT2D eigenvalue weighted by Gasteiger charge is 2.23. The van der Waals surface area contributed by atoms with Crippen molar-refractivity contribution in [1.82, 2.24) is 4.72 Å². The van der Waals surface area contributed by atoms with Crippen molar-refractivity contribution in [2.24, 2.45) is 5.92 Å². The monoisotopic (exact) mass is 478 g/mol. The number of methoxy groups -OCH3 is 1. The van der Waals surface area contributed by atoms with Crippen LogP contribution in [0.1, 0.15) is 63.3 Å². The summed E-state index contributed by atoms with van der Waals surface area (Å²) in [6, 6.07) is 8.31. The van der Waals surface area contributed by atoms with Crippen LogP contribution in [0.2, 0.25) is 0 Å². The number of hydrogen-bond donors (Lipinski definition) is 2. The maximum atomic E-state index is 13.2. The Bertz CT molecular complexity index is 1080. The summed E-state index contributed by atoms with van der Waals surface area (Å²) in [5.41, 5.74) is 3.37. The first-order valence-electron chi connectivity index (χ1n) is 10.6. The zero-order valence-corrected chi connectivity index (χ0v) is 21.7. The average Bonchev–Trinajstić information content (AvgIpc) is 2.72. The second kappa shape index (κ2) is 10.7. The molecule has 176 valence electrons. The fourth-order valence-corrected chi connectivity index (χ4v) is 5.19. The number of benzene rings is 2. The minimum absolute atomic E-state index is 0.108. The Morgan fingerprint density at radius 2 is 1.69 bits per heavy atom. The molecule has 2 aromatic carbocycles. The van der Waals surface area contributed by atoms with Gasteiger partial charge in [-0.1, -0.05) is 27.7 Å². The molecule has 1 atom stereocenters. The van der Waals surface area contributed by atoms with E-state index in [1.165, 1.54) is 17.8 Å². The summed E-state index contributed by atoms with van der Waals surface area (Å²) < 4.78 is 34.7. The molecule has 0 aliphatic rings. The lowest BCUT2D eigenvalue weighted by molar-refractivity contribution is -0.118. The van der Waals surface area contributed by atoms with Gasteiger partial charge in [0.1, 0.15) is 5.75 Å². The smallest absolute Gasteiger partial charge is 0.241 e. The van der Waals surface area contributed by atoms with Crippen molar-refractivity contribution >= 4 is 33.4 Å². The Hall–Kier alpha value is -2.03. The second-order valence-corrected chi connectivity index (χ2v) is 11.0. The second-order valence-electron chi connectivity index (χ2n) is 8.45. The summed E-state index contributed by atoms with van der Waals surface area (Å²) in [7, 11) is -2.18. The van der Waals surface area contributed by atoms with Crippen molar-refractivity contribution in [1.29, 1.82) is 0 Å². The Labute approximate surface area is 196 Å². The third-order valence-electron chi connectivity index (χ3n) is 5.30. The number of hydrogen-bond acceptors (Lipinski definition) is 5. The number of sulfonamides is 1. The first-order valence-corrected chi connectivity index (χ1v) is 13.3. The van der Waals surface area contributed by atoms with Crippen LogP contribution >= 0.6 is 11.8 Å². The van der Waals surface area contributed by atoms with Crippen LogP contribution in [0.5, 0.6) is 5.75 Å². The third kappa shape index (κ3) is 6.05. The molecule has 0 saturated heterocycles. The zero-order valence-electron chi connectivity index (χ0n) is 20.1. The van der Waals surface area contributed by atoms with Crippen molar-refractivity contribution in [3.8, 4) is 5.75 Å². The van der Waals surface area contributed by atoms with E-state index in [4.69, 9.17) is 4.74 Å². The lowest BCUT2D eigenvalue weighted by atomic mass is 9.94. The number of ether oxygens (including phenoxy) is 1. The van der Waals surface area contributed by atoms with Crippen molar-refractivity contribution in [3.63, 3.8) is 0 Å². The van der Waals surface area contributed by atoms with Gasteiger partial charge >= 0.3 is 0 Å². The molecule has 0 radical (unpaired) electrons. The summed E-state index contributed by atoms with van der Waals surface area (Å²) in [6.07, 6.45) is 1.88. The van der Waals surface area contributed by atoms with Crippen LogP contribution in [0.3, 0.4) is 0 Å². The van der Waals surface area contributed by atoms with Crippen LogP contribution in [0, 0.1) is 12.8 Å². The van der Waals surface area contributed by atoms with E-state index in [1.807, 2.05) is 32.2 Å². The van der Waals surface area contributed by atoms with Gasteiger partial charge in [-0.25, -0.2) is 13.1 Å². The van der Waals surface area contributed by atoms with Crippen molar-refractivity contribution in [2.45, 2.75) is 63.3 Å². The number of rotatable bonds is 9. The largest absolute Gasteiger partial charge is 0.496 e. The summed E-state index contributed by atoms with van der Waals surface area (Å²) in [6.45, 7) is 11.5. The zero-order chi connectivity index (χ0) is 24.2. The van der Waals surface area contributed by atoms with Gasteiger partial charge in [0, 0.05) is 16.9 Å². The molecule has 0 aromatic heterocycles. The Kier molecular flexibility index (Phi) is 8.79. The summed E-state index contributed by atoms with van der Waals surface area (Å²) >= 11 is 1.45. The molecule has 2 N–H and O–H groups in total. The predicted octanol–water partition coefficient (Wildman–Crippen LogP) is 5.48. The molecule has 8 heteroatoms. The van der Waals surface area contributed by atoms with E-state index >= 15 is 0 Å². The number of carbonyl (C=O) groups excluding carboxylic acids is 1. The van der Waals surface area contributed by atoms with E-state index < -0.39 is 16.1 Å². The highest BCUT2D eigenvalue weighted by molar-refractivity contribution is 7.98. The van der Waals surface area contributed by atoms with Gasteiger partial charge < -0.3 is 10.1 Å². The molecule has 0 spiro atoms. The number of carbonyl (C=O) groups is 1. The Morgan fingerprint density at radius 3 is 2.22 bits per heavy atom. The lowest BCUT2D eigenvalue weighted by Crippen LogP contribution is -2.28. The molecule has 0 fully saturated rings. The number of thioether (sulfide) groups is 1. The molecule has 6 nitrogen and oxygen atoms in total. The van der Waals surface area contributed by atoms with Crippen LogP contribution in [0.25, 0.3) is 0 Å². The van der Waals surface area contributed by atoms with E-state index in [1.54, 1.807) is 33.1 Å². The first kappa shape index (κ1) is 26.2. The van der Waals surface area contributed by atoms with Crippen LogP contribution in [-0.4, -0.2) is 27.7 Å². The molecular weight excluding hydrogens is 444 g/mol. The topological polar surface area (TPSA) is 84.5 Å². The van der Waals surface area contributed by atoms with Crippen LogP contribution in [-0.2, 0) is 14.8 Å². The molecular formula is C24H34N2O4S2. The normalized spacial score (nSPS) is 12.8. The maximum Gasteiger partial charge on any atom is 0.241 e.